The van der Waals surface area contributed by atoms with Crippen LogP contribution in [0.5, 0.6) is 0 Å². The normalized spacial score (nSPS) is 15.1. The van der Waals surface area contributed by atoms with Gasteiger partial charge in [0, 0.05) is 43.6 Å². The number of aromatic nitrogens is 2. The molecule has 42 heavy (non-hydrogen) atoms. The van der Waals surface area contributed by atoms with E-state index in [2.05, 4.69) is 25.3 Å². The Hall–Kier alpha value is -4.10. The predicted octanol–water partition coefficient (Wildman–Crippen LogP) is 3.12. The molecule has 1 fully saturated rings. The second-order valence-electron chi connectivity index (χ2n) is 10.9. The standard InChI is InChI=1S/C29H35FN6O5S/c1-29(2,3)41-27(38)24(35-42(39,40)22-8-5-4-6-9-22)19-33-26(37)20-10-11-25(23(30)18-20)36-16-12-21(13-17-36)34-28-31-14-7-15-32-28/h4-11,14-15,18,21,24,35H,12-13,16-17,19H2,1-3H3,(H,33,37)(H,31,32,34)/t24-/m0/s1. The van der Waals surface area contributed by atoms with E-state index in [1.165, 1.54) is 18.2 Å². The third-order valence-electron chi connectivity index (χ3n) is 6.45. The van der Waals surface area contributed by atoms with Gasteiger partial charge in [-0.1, -0.05) is 18.2 Å². The van der Waals surface area contributed by atoms with Gasteiger partial charge in [0.25, 0.3) is 5.91 Å². The molecule has 4 rings (SSSR count). The van der Waals surface area contributed by atoms with Crippen molar-refractivity contribution in [3.63, 3.8) is 0 Å². The maximum absolute atomic E-state index is 15.1. The van der Waals surface area contributed by atoms with Crippen molar-refractivity contribution < 1.29 is 27.1 Å². The Morgan fingerprint density at radius 3 is 2.33 bits per heavy atom. The summed E-state index contributed by atoms with van der Waals surface area (Å²) in [7, 11) is -4.10. The summed E-state index contributed by atoms with van der Waals surface area (Å²) in [5.41, 5.74) is -0.484. The van der Waals surface area contributed by atoms with Gasteiger partial charge in [0.2, 0.25) is 16.0 Å². The molecular weight excluding hydrogens is 563 g/mol. The molecule has 1 aliphatic heterocycles. The Morgan fingerprint density at radius 2 is 1.71 bits per heavy atom. The molecule has 0 aliphatic carbocycles. The fourth-order valence-corrected chi connectivity index (χ4v) is 5.63. The summed E-state index contributed by atoms with van der Waals surface area (Å²) in [4.78, 5) is 36.0. The van der Waals surface area contributed by atoms with E-state index in [1.807, 2.05) is 4.90 Å². The van der Waals surface area contributed by atoms with E-state index in [4.69, 9.17) is 4.74 Å². The number of piperidine rings is 1. The van der Waals surface area contributed by atoms with Crippen molar-refractivity contribution in [2.45, 2.75) is 56.2 Å². The Bertz CT molecular complexity index is 1480. The fourth-order valence-electron chi connectivity index (χ4n) is 4.42. The average molecular weight is 599 g/mol. The fraction of sp³-hybridized carbons (Fsp3) is 0.379. The maximum atomic E-state index is 15.1. The molecule has 11 nitrogen and oxygen atoms in total. The van der Waals surface area contributed by atoms with Crippen LogP contribution in [0.25, 0.3) is 0 Å². The lowest BCUT2D eigenvalue weighted by molar-refractivity contribution is -0.156. The SMILES string of the molecule is CC(C)(C)OC(=O)[C@H](CNC(=O)c1ccc(N2CCC(Nc3ncccn3)CC2)c(F)c1)NS(=O)(=O)c1ccccc1. The molecule has 1 aromatic heterocycles. The number of ether oxygens (including phenoxy) is 1. The molecule has 1 aliphatic rings. The van der Waals surface area contributed by atoms with Crippen molar-refractivity contribution in [3.8, 4) is 0 Å². The highest BCUT2D eigenvalue weighted by molar-refractivity contribution is 7.89. The molecule has 1 atom stereocenters. The van der Waals surface area contributed by atoms with Crippen LogP contribution in [0, 0.1) is 5.82 Å². The van der Waals surface area contributed by atoms with E-state index in [-0.39, 0.29) is 16.5 Å². The van der Waals surface area contributed by atoms with E-state index in [0.29, 0.717) is 24.7 Å². The highest BCUT2D eigenvalue weighted by Gasteiger charge is 2.30. The van der Waals surface area contributed by atoms with Crippen LogP contribution in [0.4, 0.5) is 16.0 Å². The molecule has 2 heterocycles. The number of amides is 1. The molecule has 1 saturated heterocycles. The third kappa shape index (κ3) is 8.46. The Kier molecular flexibility index (Phi) is 9.74. The van der Waals surface area contributed by atoms with Crippen molar-refractivity contribution in [2.24, 2.45) is 0 Å². The second-order valence-corrected chi connectivity index (χ2v) is 12.6. The predicted molar refractivity (Wildman–Crippen MR) is 156 cm³/mol. The summed E-state index contributed by atoms with van der Waals surface area (Å²) in [6.07, 6.45) is 4.84. The van der Waals surface area contributed by atoms with E-state index in [0.717, 1.165) is 18.9 Å². The summed E-state index contributed by atoms with van der Waals surface area (Å²) < 4.78 is 48.6. The summed E-state index contributed by atoms with van der Waals surface area (Å²) in [5.74, 6) is -1.53. The molecule has 13 heteroatoms. The zero-order valence-electron chi connectivity index (χ0n) is 23.7. The van der Waals surface area contributed by atoms with Gasteiger partial charge in [-0.05, 0) is 70.0 Å². The summed E-state index contributed by atoms with van der Waals surface area (Å²) in [6.45, 7) is 5.74. The number of benzene rings is 2. The minimum absolute atomic E-state index is 0.0304. The molecule has 0 spiro atoms. The lowest BCUT2D eigenvalue weighted by Gasteiger charge is -2.34. The smallest absolute Gasteiger partial charge is 0.326 e. The van der Waals surface area contributed by atoms with Crippen molar-refractivity contribution in [3.05, 3.63) is 78.4 Å². The van der Waals surface area contributed by atoms with Gasteiger partial charge in [-0.2, -0.15) is 4.72 Å². The number of hydrogen-bond donors (Lipinski definition) is 3. The first-order chi connectivity index (χ1) is 19.9. The Labute approximate surface area is 244 Å². The van der Waals surface area contributed by atoms with Crippen molar-refractivity contribution in [1.82, 2.24) is 20.0 Å². The number of anilines is 2. The lowest BCUT2D eigenvalue weighted by Crippen LogP contribution is -2.50. The minimum atomic E-state index is -4.10. The van der Waals surface area contributed by atoms with Crippen LogP contribution in [0.15, 0.2) is 71.9 Å². The molecule has 3 N–H and O–H groups in total. The summed E-state index contributed by atoms with van der Waals surface area (Å²) in [5, 5.41) is 5.81. The summed E-state index contributed by atoms with van der Waals surface area (Å²) in [6, 6.07) is 12.2. The van der Waals surface area contributed by atoms with E-state index >= 15 is 4.39 Å². The number of carbonyl (C=O) groups excluding carboxylic acids is 2. The van der Waals surface area contributed by atoms with Gasteiger partial charge >= 0.3 is 5.97 Å². The van der Waals surface area contributed by atoms with Gasteiger partial charge in [0.15, 0.2) is 0 Å². The molecular formula is C29H35FN6O5S. The number of halogens is 1. The number of nitrogens with one attached hydrogen (secondary N) is 3. The molecule has 3 aromatic rings. The summed E-state index contributed by atoms with van der Waals surface area (Å²) >= 11 is 0. The number of esters is 1. The van der Waals surface area contributed by atoms with E-state index < -0.39 is 45.9 Å². The van der Waals surface area contributed by atoms with Crippen LogP contribution < -0.4 is 20.3 Å². The van der Waals surface area contributed by atoms with Crippen LogP contribution >= 0.6 is 0 Å². The number of nitrogens with zero attached hydrogens (tertiary/aromatic N) is 3. The number of sulfonamides is 1. The first kappa shape index (κ1) is 30.8. The first-order valence-corrected chi connectivity index (χ1v) is 15.1. The topological polar surface area (TPSA) is 143 Å². The molecule has 0 saturated carbocycles. The lowest BCUT2D eigenvalue weighted by atomic mass is 10.0. The molecule has 1 amide bonds. The zero-order chi connectivity index (χ0) is 30.3. The van der Waals surface area contributed by atoms with Crippen LogP contribution in [-0.4, -0.2) is 67.6 Å². The van der Waals surface area contributed by atoms with Gasteiger partial charge < -0.3 is 20.3 Å². The molecule has 0 bridgehead atoms. The number of rotatable bonds is 10. The first-order valence-electron chi connectivity index (χ1n) is 13.6. The van der Waals surface area contributed by atoms with Crippen molar-refractivity contribution >= 4 is 33.5 Å². The van der Waals surface area contributed by atoms with E-state index in [9.17, 15) is 18.0 Å². The van der Waals surface area contributed by atoms with E-state index in [1.54, 1.807) is 63.5 Å². The highest BCUT2D eigenvalue weighted by Crippen LogP contribution is 2.25. The maximum Gasteiger partial charge on any atom is 0.326 e. The van der Waals surface area contributed by atoms with Crippen molar-refractivity contribution in [1.29, 1.82) is 0 Å². The quantitative estimate of drug-likeness (QED) is 0.300. The molecule has 2 aromatic carbocycles. The van der Waals surface area contributed by atoms with Gasteiger partial charge in [0.05, 0.1) is 10.6 Å². The van der Waals surface area contributed by atoms with Crippen molar-refractivity contribution in [2.75, 3.05) is 29.9 Å². The van der Waals surface area contributed by atoms with Crippen LogP contribution in [0.2, 0.25) is 0 Å². The van der Waals surface area contributed by atoms with Gasteiger partial charge in [-0.15, -0.1) is 0 Å². The van der Waals surface area contributed by atoms with Gasteiger partial charge in [-0.25, -0.2) is 22.8 Å². The second kappa shape index (κ2) is 13.3. The van der Waals surface area contributed by atoms with Gasteiger partial charge in [-0.3, -0.25) is 9.59 Å². The van der Waals surface area contributed by atoms with Gasteiger partial charge in [0.1, 0.15) is 17.5 Å². The molecule has 0 unspecified atom stereocenters. The Balaban J connectivity index is 1.38. The average Bonchev–Trinajstić information content (AvgIpc) is 2.95. The monoisotopic (exact) mass is 598 g/mol. The molecule has 224 valence electrons. The van der Waals surface area contributed by atoms with Crippen LogP contribution in [0.3, 0.4) is 0 Å². The van der Waals surface area contributed by atoms with Crippen LogP contribution in [0.1, 0.15) is 44.0 Å². The number of hydrogen-bond acceptors (Lipinski definition) is 9. The zero-order valence-corrected chi connectivity index (χ0v) is 24.5. The number of carbonyl (C=O) groups is 2. The largest absolute Gasteiger partial charge is 0.459 e. The highest BCUT2D eigenvalue weighted by atomic mass is 32.2. The minimum Gasteiger partial charge on any atom is -0.459 e. The molecule has 0 radical (unpaired) electrons. The Morgan fingerprint density at radius 1 is 1.05 bits per heavy atom. The van der Waals surface area contributed by atoms with Crippen LogP contribution in [-0.2, 0) is 19.6 Å². The third-order valence-corrected chi connectivity index (χ3v) is 7.94.